The lowest BCUT2D eigenvalue weighted by molar-refractivity contribution is 0.288. The number of ether oxygens (including phenoxy) is 1. The molecule has 0 saturated carbocycles. The molecule has 0 spiro atoms. The van der Waals surface area contributed by atoms with Gasteiger partial charge in [-0.1, -0.05) is 41.9 Å². The molecule has 92 valence electrons. The van der Waals surface area contributed by atoms with E-state index in [2.05, 4.69) is 5.16 Å². The van der Waals surface area contributed by atoms with E-state index >= 15 is 0 Å². The second kappa shape index (κ2) is 6.49. The van der Waals surface area contributed by atoms with Crippen molar-refractivity contribution in [2.45, 2.75) is 0 Å². The van der Waals surface area contributed by atoms with Gasteiger partial charge in [-0.2, -0.15) is 0 Å². The molecule has 2 aromatic rings. The lowest BCUT2D eigenvalue weighted by Gasteiger charge is -1.98. The molecule has 0 aliphatic heterocycles. The van der Waals surface area contributed by atoms with Crippen molar-refractivity contribution in [2.75, 3.05) is 13.2 Å². The molecule has 1 aromatic heterocycles. The number of hydrogen-bond acceptors (Lipinski definition) is 4. The summed E-state index contributed by atoms with van der Waals surface area (Å²) in [4.78, 5) is 0. The third kappa shape index (κ3) is 3.12. The molecule has 17 heavy (non-hydrogen) atoms. The first-order chi connectivity index (χ1) is 7.83. The van der Waals surface area contributed by atoms with Crippen molar-refractivity contribution in [3.63, 3.8) is 0 Å². The smallest absolute Gasteiger partial charge is 0.273 e. The largest absolute Gasteiger partial charge is 0.473 e. The number of benzene rings is 1. The van der Waals surface area contributed by atoms with Gasteiger partial charge in [-0.15, -0.1) is 12.4 Å². The number of halogens is 2. The van der Waals surface area contributed by atoms with Gasteiger partial charge in [0.2, 0.25) is 0 Å². The fraction of sp³-hybridized carbons (Fsp3) is 0.182. The number of aromatic nitrogens is 1. The summed E-state index contributed by atoms with van der Waals surface area (Å²) in [5.41, 5.74) is 6.18. The average Bonchev–Trinajstić information content (AvgIpc) is 2.69. The maximum absolute atomic E-state index is 6.07. The number of rotatable bonds is 4. The van der Waals surface area contributed by atoms with Crippen LogP contribution in [-0.4, -0.2) is 18.3 Å². The van der Waals surface area contributed by atoms with Crippen molar-refractivity contribution in [3.8, 4) is 17.2 Å². The standard InChI is InChI=1S/C11H11ClN2O2.ClH/c12-9-10(8-4-2-1-3-5-8)16-14-11(9)15-7-6-13;/h1-5H,6-7,13H2;1H. The summed E-state index contributed by atoms with van der Waals surface area (Å²) in [6.07, 6.45) is 0. The van der Waals surface area contributed by atoms with Crippen LogP contribution in [0.3, 0.4) is 0 Å². The minimum absolute atomic E-state index is 0. The normalized spacial score (nSPS) is 9.76. The Labute approximate surface area is 110 Å². The molecule has 0 aliphatic carbocycles. The quantitative estimate of drug-likeness (QED) is 0.931. The summed E-state index contributed by atoms with van der Waals surface area (Å²) in [7, 11) is 0. The van der Waals surface area contributed by atoms with E-state index < -0.39 is 0 Å². The Kier molecular flexibility index (Phi) is 5.28. The lowest BCUT2D eigenvalue weighted by atomic mass is 10.2. The van der Waals surface area contributed by atoms with Gasteiger partial charge in [0.25, 0.3) is 5.88 Å². The van der Waals surface area contributed by atoms with Crippen LogP contribution in [-0.2, 0) is 0 Å². The zero-order chi connectivity index (χ0) is 11.4. The van der Waals surface area contributed by atoms with Crippen LogP contribution in [0.15, 0.2) is 34.9 Å². The average molecular weight is 275 g/mol. The molecule has 0 unspecified atom stereocenters. The van der Waals surface area contributed by atoms with E-state index in [9.17, 15) is 0 Å². The summed E-state index contributed by atoms with van der Waals surface area (Å²) in [6, 6.07) is 9.49. The molecule has 0 radical (unpaired) electrons. The van der Waals surface area contributed by atoms with Crippen LogP contribution in [0.1, 0.15) is 0 Å². The van der Waals surface area contributed by atoms with Crippen molar-refractivity contribution in [1.82, 2.24) is 5.16 Å². The molecule has 2 rings (SSSR count). The van der Waals surface area contributed by atoms with Crippen LogP contribution in [0.5, 0.6) is 5.88 Å². The Hall–Kier alpha value is -1.23. The number of hydrogen-bond donors (Lipinski definition) is 1. The van der Waals surface area contributed by atoms with E-state index in [0.717, 1.165) is 5.56 Å². The highest BCUT2D eigenvalue weighted by Gasteiger charge is 2.16. The Morgan fingerprint density at radius 3 is 2.65 bits per heavy atom. The maximum Gasteiger partial charge on any atom is 0.273 e. The molecular weight excluding hydrogens is 263 g/mol. The molecular formula is C11H12Cl2N2O2. The van der Waals surface area contributed by atoms with Gasteiger partial charge in [0.1, 0.15) is 6.61 Å². The van der Waals surface area contributed by atoms with E-state index in [1.807, 2.05) is 30.3 Å². The lowest BCUT2D eigenvalue weighted by Crippen LogP contribution is -2.10. The van der Waals surface area contributed by atoms with Gasteiger partial charge in [-0.25, -0.2) is 0 Å². The minimum atomic E-state index is 0. The molecule has 1 heterocycles. The van der Waals surface area contributed by atoms with Crippen molar-refractivity contribution < 1.29 is 9.26 Å². The highest BCUT2D eigenvalue weighted by molar-refractivity contribution is 6.34. The SMILES string of the molecule is Cl.NCCOc1noc(-c2ccccc2)c1Cl. The molecule has 1 aromatic carbocycles. The minimum Gasteiger partial charge on any atom is -0.473 e. The molecule has 0 bridgehead atoms. The zero-order valence-corrected chi connectivity index (χ0v) is 10.5. The predicted octanol–water partition coefficient (Wildman–Crippen LogP) is 2.75. The Morgan fingerprint density at radius 1 is 1.29 bits per heavy atom. The Bertz CT molecular complexity index is 460. The van der Waals surface area contributed by atoms with Crippen molar-refractivity contribution in [2.24, 2.45) is 5.73 Å². The van der Waals surface area contributed by atoms with E-state index in [1.165, 1.54) is 0 Å². The summed E-state index contributed by atoms with van der Waals surface area (Å²) in [5, 5.41) is 4.12. The van der Waals surface area contributed by atoms with Crippen molar-refractivity contribution in [1.29, 1.82) is 0 Å². The second-order valence-electron chi connectivity index (χ2n) is 3.13. The van der Waals surface area contributed by atoms with Gasteiger partial charge >= 0.3 is 0 Å². The first kappa shape index (κ1) is 13.8. The monoisotopic (exact) mass is 274 g/mol. The highest BCUT2D eigenvalue weighted by Crippen LogP contribution is 2.34. The van der Waals surface area contributed by atoms with Crippen LogP contribution >= 0.6 is 24.0 Å². The van der Waals surface area contributed by atoms with Gasteiger partial charge in [0, 0.05) is 12.1 Å². The fourth-order valence-electron chi connectivity index (χ4n) is 1.28. The van der Waals surface area contributed by atoms with E-state index in [-0.39, 0.29) is 18.3 Å². The third-order valence-electron chi connectivity index (χ3n) is 2.00. The summed E-state index contributed by atoms with van der Waals surface area (Å²) in [6.45, 7) is 0.768. The molecule has 0 amide bonds. The van der Waals surface area contributed by atoms with Crippen LogP contribution in [0.2, 0.25) is 5.02 Å². The summed E-state index contributed by atoms with van der Waals surface area (Å²) in [5.74, 6) is 0.792. The van der Waals surface area contributed by atoms with Crippen LogP contribution in [0.4, 0.5) is 0 Å². The highest BCUT2D eigenvalue weighted by atomic mass is 35.5. The van der Waals surface area contributed by atoms with Gasteiger partial charge < -0.3 is 15.0 Å². The van der Waals surface area contributed by atoms with Gasteiger partial charge in [0.15, 0.2) is 10.8 Å². The van der Waals surface area contributed by atoms with Crippen LogP contribution in [0.25, 0.3) is 11.3 Å². The van der Waals surface area contributed by atoms with Gasteiger partial charge in [0.05, 0.1) is 0 Å². The van der Waals surface area contributed by atoms with Gasteiger partial charge in [-0.05, 0) is 5.16 Å². The number of nitrogens with zero attached hydrogens (tertiary/aromatic N) is 1. The van der Waals surface area contributed by atoms with Crippen LogP contribution in [0, 0.1) is 0 Å². The third-order valence-corrected chi connectivity index (χ3v) is 2.33. The van der Waals surface area contributed by atoms with Gasteiger partial charge in [-0.3, -0.25) is 0 Å². The predicted molar refractivity (Wildman–Crippen MR) is 68.7 cm³/mol. The zero-order valence-electron chi connectivity index (χ0n) is 8.93. The first-order valence-corrected chi connectivity index (χ1v) is 5.24. The fourth-order valence-corrected chi connectivity index (χ4v) is 1.51. The Balaban J connectivity index is 0.00000144. The van der Waals surface area contributed by atoms with E-state index in [0.29, 0.717) is 23.9 Å². The van der Waals surface area contributed by atoms with E-state index in [4.69, 9.17) is 26.6 Å². The first-order valence-electron chi connectivity index (χ1n) is 4.86. The summed E-state index contributed by atoms with van der Waals surface area (Å²) < 4.78 is 10.4. The van der Waals surface area contributed by atoms with E-state index in [1.54, 1.807) is 0 Å². The topological polar surface area (TPSA) is 61.3 Å². The molecule has 0 aliphatic rings. The molecule has 4 nitrogen and oxygen atoms in total. The maximum atomic E-state index is 6.07. The van der Waals surface area contributed by atoms with Crippen molar-refractivity contribution >= 4 is 24.0 Å². The van der Waals surface area contributed by atoms with Crippen molar-refractivity contribution in [3.05, 3.63) is 35.4 Å². The number of nitrogens with two attached hydrogens (primary N) is 1. The summed E-state index contributed by atoms with van der Waals surface area (Å²) >= 11 is 6.07. The van der Waals surface area contributed by atoms with Crippen LogP contribution < -0.4 is 10.5 Å². The Morgan fingerprint density at radius 2 is 2.00 bits per heavy atom. The molecule has 2 N–H and O–H groups in total. The second-order valence-corrected chi connectivity index (χ2v) is 3.51. The molecule has 0 atom stereocenters. The molecule has 0 saturated heterocycles. The molecule has 0 fully saturated rings. The molecule has 6 heteroatoms.